The molecular weight excluding hydrogens is 284 g/mol. The van der Waals surface area contributed by atoms with E-state index in [9.17, 15) is 4.79 Å². The van der Waals surface area contributed by atoms with Gasteiger partial charge in [-0.1, -0.05) is 60.7 Å². The molecule has 0 bridgehead atoms. The van der Waals surface area contributed by atoms with Crippen molar-refractivity contribution in [1.29, 1.82) is 0 Å². The van der Waals surface area contributed by atoms with E-state index in [0.717, 1.165) is 16.9 Å². The van der Waals surface area contributed by atoms with Gasteiger partial charge in [0.25, 0.3) is 5.91 Å². The van der Waals surface area contributed by atoms with E-state index in [1.165, 1.54) is 0 Å². The Balaban J connectivity index is 1.87. The molecule has 3 nitrogen and oxygen atoms in total. The summed E-state index contributed by atoms with van der Waals surface area (Å²) in [5, 5.41) is 3.50. The van der Waals surface area contributed by atoms with Crippen LogP contribution >= 0.6 is 0 Å². The van der Waals surface area contributed by atoms with Crippen LogP contribution in [0.3, 0.4) is 0 Å². The summed E-state index contributed by atoms with van der Waals surface area (Å²) in [7, 11) is 0. The summed E-state index contributed by atoms with van der Waals surface area (Å²) in [5.74, 6) is 0.0133. The second-order valence-electron chi connectivity index (χ2n) is 5.51. The van der Waals surface area contributed by atoms with Gasteiger partial charge in [0.2, 0.25) is 0 Å². The van der Waals surface area contributed by atoms with Gasteiger partial charge in [0.15, 0.2) is 0 Å². The highest BCUT2D eigenvalue weighted by Crippen LogP contribution is 2.36. The lowest BCUT2D eigenvalue weighted by Crippen LogP contribution is -2.43. The number of benzene rings is 3. The molecule has 1 N–H and O–H groups in total. The number of anilines is 2. The average Bonchev–Trinajstić information content (AvgIpc) is 2.63. The zero-order chi connectivity index (χ0) is 15.6. The van der Waals surface area contributed by atoms with Gasteiger partial charge in [-0.15, -0.1) is 0 Å². The molecular formula is C20H16N2O. The molecule has 1 unspecified atom stereocenters. The Morgan fingerprint density at radius 2 is 1.35 bits per heavy atom. The second kappa shape index (κ2) is 5.61. The smallest absolute Gasteiger partial charge is 0.262 e. The third-order valence-electron chi connectivity index (χ3n) is 4.08. The fourth-order valence-corrected chi connectivity index (χ4v) is 2.98. The van der Waals surface area contributed by atoms with Crippen molar-refractivity contribution >= 4 is 17.3 Å². The monoisotopic (exact) mass is 300 g/mol. The van der Waals surface area contributed by atoms with Crippen molar-refractivity contribution in [2.45, 2.75) is 6.17 Å². The predicted molar refractivity (Wildman–Crippen MR) is 92.5 cm³/mol. The molecule has 0 saturated carbocycles. The molecule has 1 aliphatic rings. The van der Waals surface area contributed by atoms with Gasteiger partial charge in [-0.05, 0) is 29.8 Å². The Morgan fingerprint density at radius 3 is 2.09 bits per heavy atom. The number of nitrogens with one attached hydrogen (secondary N) is 1. The lowest BCUT2D eigenvalue weighted by atomic mass is 10.0. The highest BCUT2D eigenvalue weighted by molar-refractivity contribution is 6.12. The maximum atomic E-state index is 13.1. The summed E-state index contributed by atoms with van der Waals surface area (Å²) >= 11 is 0. The van der Waals surface area contributed by atoms with Crippen molar-refractivity contribution in [3.8, 4) is 0 Å². The van der Waals surface area contributed by atoms with Crippen LogP contribution in [-0.2, 0) is 0 Å². The Hall–Kier alpha value is -3.07. The fourth-order valence-electron chi connectivity index (χ4n) is 2.98. The molecule has 1 atom stereocenters. The van der Waals surface area contributed by atoms with Crippen LogP contribution in [0.2, 0.25) is 0 Å². The van der Waals surface area contributed by atoms with E-state index in [0.29, 0.717) is 5.56 Å². The van der Waals surface area contributed by atoms with Crippen LogP contribution in [0.15, 0.2) is 84.9 Å². The van der Waals surface area contributed by atoms with Gasteiger partial charge in [-0.2, -0.15) is 0 Å². The molecule has 3 aromatic rings. The predicted octanol–water partition coefficient (Wildman–Crippen LogP) is 4.46. The van der Waals surface area contributed by atoms with Crippen LogP contribution in [0.5, 0.6) is 0 Å². The first-order valence-electron chi connectivity index (χ1n) is 7.64. The molecule has 1 heterocycles. The molecule has 0 fully saturated rings. The quantitative estimate of drug-likeness (QED) is 0.758. The van der Waals surface area contributed by atoms with Crippen molar-refractivity contribution < 1.29 is 4.79 Å². The average molecular weight is 300 g/mol. The Morgan fingerprint density at radius 1 is 0.739 bits per heavy atom. The van der Waals surface area contributed by atoms with Crippen LogP contribution in [0.4, 0.5) is 11.4 Å². The van der Waals surface area contributed by atoms with Gasteiger partial charge in [0.1, 0.15) is 6.17 Å². The maximum absolute atomic E-state index is 13.1. The number of carbonyl (C=O) groups is 1. The molecule has 3 aromatic carbocycles. The first-order valence-corrected chi connectivity index (χ1v) is 7.64. The van der Waals surface area contributed by atoms with Crippen molar-refractivity contribution in [3.05, 3.63) is 96.1 Å². The van der Waals surface area contributed by atoms with E-state index in [2.05, 4.69) is 5.32 Å². The Kier molecular flexibility index (Phi) is 3.31. The number of hydrogen-bond acceptors (Lipinski definition) is 2. The van der Waals surface area contributed by atoms with Crippen molar-refractivity contribution in [2.24, 2.45) is 0 Å². The van der Waals surface area contributed by atoms with Gasteiger partial charge in [0, 0.05) is 11.4 Å². The van der Waals surface area contributed by atoms with Gasteiger partial charge in [0.05, 0.1) is 5.56 Å². The van der Waals surface area contributed by atoms with E-state index in [-0.39, 0.29) is 12.1 Å². The summed E-state index contributed by atoms with van der Waals surface area (Å²) < 4.78 is 0. The standard InChI is InChI=1S/C20H16N2O/c23-20-17-13-7-8-14-18(17)21-19(15-9-3-1-4-10-15)22(20)16-11-5-2-6-12-16/h1-14,19,21H. The minimum Gasteiger partial charge on any atom is -0.360 e. The summed E-state index contributed by atoms with van der Waals surface area (Å²) in [6.07, 6.45) is -0.221. The van der Waals surface area contributed by atoms with E-state index >= 15 is 0 Å². The zero-order valence-corrected chi connectivity index (χ0v) is 12.5. The van der Waals surface area contributed by atoms with E-state index in [1.807, 2.05) is 89.8 Å². The van der Waals surface area contributed by atoms with Crippen molar-refractivity contribution in [1.82, 2.24) is 0 Å². The van der Waals surface area contributed by atoms with Crippen LogP contribution < -0.4 is 10.2 Å². The van der Waals surface area contributed by atoms with Gasteiger partial charge < -0.3 is 5.32 Å². The number of rotatable bonds is 2. The molecule has 0 aromatic heterocycles. The summed E-state index contributed by atoms with van der Waals surface area (Å²) in [5.41, 5.74) is 3.51. The molecule has 3 heteroatoms. The highest BCUT2D eigenvalue weighted by Gasteiger charge is 2.33. The summed E-state index contributed by atoms with van der Waals surface area (Å²) in [6, 6.07) is 27.5. The number of nitrogens with zero attached hydrogens (tertiary/aromatic N) is 1. The third-order valence-corrected chi connectivity index (χ3v) is 4.08. The van der Waals surface area contributed by atoms with E-state index in [4.69, 9.17) is 0 Å². The molecule has 0 saturated heterocycles. The van der Waals surface area contributed by atoms with Gasteiger partial charge in [-0.25, -0.2) is 0 Å². The summed E-state index contributed by atoms with van der Waals surface area (Å²) in [6.45, 7) is 0. The van der Waals surface area contributed by atoms with Crippen LogP contribution in [0.1, 0.15) is 22.1 Å². The number of fused-ring (bicyclic) bond motifs is 1. The normalized spacial score (nSPS) is 16.6. The summed E-state index contributed by atoms with van der Waals surface area (Å²) in [4.78, 5) is 14.9. The number of amides is 1. The van der Waals surface area contributed by atoms with Crippen molar-refractivity contribution in [3.63, 3.8) is 0 Å². The third kappa shape index (κ3) is 2.36. The van der Waals surface area contributed by atoms with E-state index in [1.54, 1.807) is 0 Å². The zero-order valence-electron chi connectivity index (χ0n) is 12.5. The first kappa shape index (κ1) is 13.6. The van der Waals surface area contributed by atoms with Gasteiger partial charge in [-0.3, -0.25) is 9.69 Å². The minimum absolute atomic E-state index is 0.0133. The number of hydrogen-bond donors (Lipinski definition) is 1. The van der Waals surface area contributed by atoms with Crippen LogP contribution in [0.25, 0.3) is 0 Å². The topological polar surface area (TPSA) is 32.3 Å². The SMILES string of the molecule is O=C1c2ccccc2NC(c2ccccc2)N1c1ccccc1. The highest BCUT2D eigenvalue weighted by atomic mass is 16.2. The van der Waals surface area contributed by atoms with E-state index < -0.39 is 0 Å². The van der Waals surface area contributed by atoms with Crippen LogP contribution in [0, 0.1) is 0 Å². The molecule has 4 rings (SSSR count). The maximum Gasteiger partial charge on any atom is 0.262 e. The number of para-hydroxylation sites is 2. The first-order chi connectivity index (χ1) is 11.3. The minimum atomic E-state index is -0.221. The van der Waals surface area contributed by atoms with Gasteiger partial charge >= 0.3 is 0 Å². The number of carbonyl (C=O) groups excluding carboxylic acids is 1. The Labute approximate surface area is 135 Å². The fraction of sp³-hybridized carbons (Fsp3) is 0.0500. The molecule has 0 radical (unpaired) electrons. The molecule has 0 aliphatic carbocycles. The molecule has 23 heavy (non-hydrogen) atoms. The lowest BCUT2D eigenvalue weighted by Gasteiger charge is -2.38. The lowest BCUT2D eigenvalue weighted by molar-refractivity contribution is 0.0975. The molecule has 0 spiro atoms. The Bertz CT molecular complexity index is 831. The molecule has 1 amide bonds. The second-order valence-corrected chi connectivity index (χ2v) is 5.51. The molecule has 112 valence electrons. The van der Waals surface area contributed by atoms with Crippen LogP contribution in [-0.4, -0.2) is 5.91 Å². The molecule has 1 aliphatic heterocycles. The van der Waals surface area contributed by atoms with Crippen molar-refractivity contribution in [2.75, 3.05) is 10.2 Å². The largest absolute Gasteiger partial charge is 0.360 e.